The van der Waals surface area contributed by atoms with Crippen molar-refractivity contribution in [1.82, 2.24) is 4.98 Å². The van der Waals surface area contributed by atoms with Crippen LogP contribution in [0.4, 0.5) is 15.8 Å². The van der Waals surface area contributed by atoms with Gasteiger partial charge in [0.25, 0.3) is 5.91 Å². The first-order chi connectivity index (χ1) is 11.0. The lowest BCUT2D eigenvalue weighted by molar-refractivity contribution is -0.114. The van der Waals surface area contributed by atoms with Gasteiger partial charge in [0.2, 0.25) is 5.91 Å². The number of hydrogen-bond donors (Lipinski definition) is 3. The van der Waals surface area contributed by atoms with E-state index in [4.69, 9.17) is 0 Å². The van der Waals surface area contributed by atoms with Gasteiger partial charge in [-0.25, -0.2) is 4.39 Å². The summed E-state index contributed by atoms with van der Waals surface area (Å²) in [6, 6.07) is 11.0. The van der Waals surface area contributed by atoms with Crippen LogP contribution in [0, 0.1) is 5.82 Å². The van der Waals surface area contributed by atoms with Gasteiger partial charge in [0.1, 0.15) is 5.82 Å². The molecule has 1 aromatic heterocycles. The summed E-state index contributed by atoms with van der Waals surface area (Å²) in [5.41, 5.74) is 2.28. The number of benzene rings is 2. The lowest BCUT2D eigenvalue weighted by atomic mass is 10.1. The van der Waals surface area contributed by atoms with Crippen LogP contribution >= 0.6 is 0 Å². The third-order valence-electron chi connectivity index (χ3n) is 3.35. The van der Waals surface area contributed by atoms with E-state index in [-0.39, 0.29) is 11.8 Å². The highest BCUT2D eigenvalue weighted by atomic mass is 19.1. The molecule has 2 amide bonds. The number of amides is 2. The SMILES string of the molecule is CC(=O)Nc1ccc(NC(=O)c2c[nH]c3ccc(F)cc23)cc1. The Kier molecular flexibility index (Phi) is 3.80. The van der Waals surface area contributed by atoms with E-state index in [0.29, 0.717) is 27.8 Å². The van der Waals surface area contributed by atoms with Crippen molar-refractivity contribution in [3.05, 3.63) is 60.0 Å². The maximum absolute atomic E-state index is 13.4. The predicted octanol–water partition coefficient (Wildman–Crippen LogP) is 3.52. The molecule has 3 rings (SSSR count). The Labute approximate surface area is 131 Å². The van der Waals surface area contributed by atoms with Crippen LogP contribution < -0.4 is 10.6 Å². The molecule has 6 heteroatoms. The third kappa shape index (κ3) is 3.21. The molecule has 0 saturated heterocycles. The van der Waals surface area contributed by atoms with Crippen LogP contribution in [-0.2, 0) is 4.79 Å². The summed E-state index contributed by atoms with van der Waals surface area (Å²) >= 11 is 0. The molecule has 0 aliphatic rings. The molecule has 0 aliphatic carbocycles. The van der Waals surface area contributed by atoms with E-state index in [1.807, 2.05) is 0 Å². The average molecular weight is 311 g/mol. The molecule has 116 valence electrons. The molecule has 3 aromatic rings. The molecular formula is C17H14FN3O2. The second-order valence-corrected chi connectivity index (χ2v) is 5.10. The van der Waals surface area contributed by atoms with Crippen LogP contribution in [0.5, 0.6) is 0 Å². The molecule has 3 N–H and O–H groups in total. The monoisotopic (exact) mass is 311 g/mol. The summed E-state index contributed by atoms with van der Waals surface area (Å²) in [6.45, 7) is 1.42. The summed E-state index contributed by atoms with van der Waals surface area (Å²) in [6.07, 6.45) is 1.55. The van der Waals surface area contributed by atoms with Gasteiger partial charge in [0.05, 0.1) is 5.56 Å². The Hall–Kier alpha value is -3.15. The van der Waals surface area contributed by atoms with Gasteiger partial charge in [0, 0.05) is 35.4 Å². The van der Waals surface area contributed by atoms with Crippen LogP contribution in [-0.4, -0.2) is 16.8 Å². The van der Waals surface area contributed by atoms with Crippen molar-refractivity contribution < 1.29 is 14.0 Å². The fourth-order valence-corrected chi connectivity index (χ4v) is 2.32. The van der Waals surface area contributed by atoms with Crippen molar-refractivity contribution in [2.45, 2.75) is 6.92 Å². The summed E-state index contributed by atoms with van der Waals surface area (Å²) < 4.78 is 13.4. The number of aromatic nitrogens is 1. The standard InChI is InChI=1S/C17H14FN3O2/c1-10(22)20-12-3-5-13(6-4-12)21-17(23)15-9-19-16-7-2-11(18)8-14(15)16/h2-9,19H,1H3,(H,20,22)(H,21,23). The number of rotatable bonds is 3. The highest BCUT2D eigenvalue weighted by Gasteiger charge is 2.13. The molecule has 5 nitrogen and oxygen atoms in total. The number of anilines is 2. The second kappa shape index (κ2) is 5.92. The molecule has 23 heavy (non-hydrogen) atoms. The van der Waals surface area contributed by atoms with Crippen molar-refractivity contribution in [2.24, 2.45) is 0 Å². The normalized spacial score (nSPS) is 10.5. The van der Waals surface area contributed by atoms with Crippen LogP contribution in [0.15, 0.2) is 48.7 Å². The summed E-state index contributed by atoms with van der Waals surface area (Å²) in [5.74, 6) is -0.900. The number of halogens is 1. The van der Waals surface area contributed by atoms with Crippen LogP contribution in [0.2, 0.25) is 0 Å². The van der Waals surface area contributed by atoms with Gasteiger partial charge in [-0.05, 0) is 42.5 Å². The summed E-state index contributed by atoms with van der Waals surface area (Å²) in [7, 11) is 0. The van der Waals surface area contributed by atoms with Crippen LogP contribution in [0.25, 0.3) is 10.9 Å². The van der Waals surface area contributed by atoms with E-state index < -0.39 is 5.82 Å². The predicted molar refractivity (Wildman–Crippen MR) is 87.0 cm³/mol. The van der Waals surface area contributed by atoms with E-state index in [1.54, 1.807) is 36.5 Å². The Bertz CT molecular complexity index is 884. The minimum atomic E-state index is -0.397. The fourth-order valence-electron chi connectivity index (χ4n) is 2.32. The highest BCUT2D eigenvalue weighted by molar-refractivity contribution is 6.12. The Morgan fingerprint density at radius 3 is 2.30 bits per heavy atom. The molecule has 1 heterocycles. The highest BCUT2D eigenvalue weighted by Crippen LogP contribution is 2.21. The minimum Gasteiger partial charge on any atom is -0.360 e. The molecular weight excluding hydrogens is 297 g/mol. The maximum Gasteiger partial charge on any atom is 0.257 e. The summed E-state index contributed by atoms with van der Waals surface area (Å²) in [4.78, 5) is 26.2. The van der Waals surface area contributed by atoms with Gasteiger partial charge in [-0.3, -0.25) is 9.59 Å². The molecule has 0 unspecified atom stereocenters. The van der Waals surface area contributed by atoms with E-state index in [1.165, 1.54) is 19.1 Å². The number of carbonyl (C=O) groups is 2. The minimum absolute atomic E-state index is 0.164. The quantitative estimate of drug-likeness (QED) is 0.692. The van der Waals surface area contributed by atoms with E-state index >= 15 is 0 Å². The molecule has 0 radical (unpaired) electrons. The number of fused-ring (bicyclic) bond motifs is 1. The zero-order valence-electron chi connectivity index (χ0n) is 12.3. The fraction of sp³-hybridized carbons (Fsp3) is 0.0588. The molecule has 2 aromatic carbocycles. The van der Waals surface area contributed by atoms with Crippen molar-refractivity contribution in [3.8, 4) is 0 Å². The lowest BCUT2D eigenvalue weighted by Crippen LogP contribution is -2.11. The number of H-pyrrole nitrogens is 1. The smallest absolute Gasteiger partial charge is 0.257 e. The molecule has 0 aliphatic heterocycles. The maximum atomic E-state index is 13.4. The van der Waals surface area contributed by atoms with E-state index in [9.17, 15) is 14.0 Å². The van der Waals surface area contributed by atoms with Gasteiger partial charge in [-0.1, -0.05) is 0 Å². The third-order valence-corrected chi connectivity index (χ3v) is 3.35. The van der Waals surface area contributed by atoms with Gasteiger partial charge in [-0.15, -0.1) is 0 Å². The van der Waals surface area contributed by atoms with Gasteiger partial charge in [0.15, 0.2) is 0 Å². The topological polar surface area (TPSA) is 74.0 Å². The molecule has 0 bridgehead atoms. The van der Waals surface area contributed by atoms with Crippen molar-refractivity contribution >= 4 is 34.1 Å². The number of hydrogen-bond acceptors (Lipinski definition) is 2. The van der Waals surface area contributed by atoms with Gasteiger partial charge >= 0.3 is 0 Å². The van der Waals surface area contributed by atoms with Crippen molar-refractivity contribution in [2.75, 3.05) is 10.6 Å². The summed E-state index contributed by atoms with van der Waals surface area (Å²) in [5, 5.41) is 5.91. The largest absolute Gasteiger partial charge is 0.360 e. The number of nitrogens with one attached hydrogen (secondary N) is 3. The Morgan fingerprint density at radius 1 is 1.00 bits per heavy atom. The zero-order valence-corrected chi connectivity index (χ0v) is 12.3. The van der Waals surface area contributed by atoms with Crippen LogP contribution in [0.3, 0.4) is 0 Å². The second-order valence-electron chi connectivity index (χ2n) is 5.10. The average Bonchev–Trinajstić information content (AvgIpc) is 2.91. The zero-order chi connectivity index (χ0) is 16.4. The van der Waals surface area contributed by atoms with Crippen molar-refractivity contribution in [3.63, 3.8) is 0 Å². The van der Waals surface area contributed by atoms with Crippen molar-refractivity contribution in [1.29, 1.82) is 0 Å². The van der Waals surface area contributed by atoms with E-state index in [2.05, 4.69) is 15.6 Å². The van der Waals surface area contributed by atoms with Gasteiger partial charge < -0.3 is 15.6 Å². The van der Waals surface area contributed by atoms with Gasteiger partial charge in [-0.2, -0.15) is 0 Å². The molecule has 0 atom stereocenters. The van der Waals surface area contributed by atoms with Crippen LogP contribution in [0.1, 0.15) is 17.3 Å². The first-order valence-electron chi connectivity index (χ1n) is 6.98. The van der Waals surface area contributed by atoms with E-state index in [0.717, 1.165) is 0 Å². The number of carbonyl (C=O) groups excluding carboxylic acids is 2. The molecule has 0 spiro atoms. The Morgan fingerprint density at radius 2 is 1.65 bits per heavy atom. The first kappa shape index (κ1) is 14.8. The lowest BCUT2D eigenvalue weighted by Gasteiger charge is -2.06. The number of aromatic amines is 1. The molecule has 0 fully saturated rings. The molecule has 0 saturated carbocycles. The first-order valence-corrected chi connectivity index (χ1v) is 6.98. The Balaban J connectivity index is 1.80.